The van der Waals surface area contributed by atoms with Gasteiger partial charge in [-0.3, -0.25) is 14.9 Å². The molecule has 0 bridgehead atoms. The molecule has 1 saturated heterocycles. The van der Waals surface area contributed by atoms with Crippen LogP contribution in [0, 0.1) is 5.92 Å². The summed E-state index contributed by atoms with van der Waals surface area (Å²) in [7, 11) is 0. The summed E-state index contributed by atoms with van der Waals surface area (Å²) in [5, 5.41) is 12.9. The van der Waals surface area contributed by atoms with Crippen LogP contribution in [0.3, 0.4) is 0 Å². The number of esters is 1. The number of hydrogen-bond acceptors (Lipinski definition) is 6. The molecule has 1 amide bonds. The lowest BCUT2D eigenvalue weighted by molar-refractivity contribution is -0.151. The minimum Gasteiger partial charge on any atom is -0.480 e. The highest BCUT2D eigenvalue weighted by Gasteiger charge is 2.48. The number of carboxylic acid groups (broad SMARTS) is 1. The number of ether oxygens (including phenoxy) is 1. The summed E-state index contributed by atoms with van der Waals surface area (Å²) in [4.78, 5) is 39.4. The first kappa shape index (κ1) is 25.6. The van der Waals surface area contributed by atoms with Gasteiger partial charge < -0.3 is 14.7 Å². The number of benzene rings is 1. The maximum atomic E-state index is 13.4. The Morgan fingerprint density at radius 3 is 2.64 bits per heavy atom. The van der Waals surface area contributed by atoms with E-state index in [-0.39, 0.29) is 30.4 Å². The third-order valence-electron chi connectivity index (χ3n) is 6.68. The van der Waals surface area contributed by atoms with E-state index in [1.165, 1.54) is 5.56 Å². The van der Waals surface area contributed by atoms with Crippen molar-refractivity contribution < 1.29 is 24.2 Å². The third kappa shape index (κ3) is 6.73. The molecule has 0 spiro atoms. The van der Waals surface area contributed by atoms with Crippen LogP contribution >= 0.6 is 11.8 Å². The first-order valence-electron chi connectivity index (χ1n) is 12.0. The standard InChI is InChI=1S/C25H36N2O5S/c1-3-32-25(31)20(16-33-14-13-18-9-5-4-6-10-18)26-17(2)23(28)27-21-12-8-7-11-19(21)15-22(27)24(29)30/h4-6,9-10,17,19-22,26H,3,7-8,11-16H2,1-2H3,(H,29,30)/t17-,19+,20-,21+,22-/m0/s1. The molecule has 2 aliphatic rings. The van der Waals surface area contributed by atoms with Gasteiger partial charge >= 0.3 is 11.9 Å². The number of rotatable bonds is 11. The van der Waals surface area contributed by atoms with Crippen LogP contribution in [0.4, 0.5) is 0 Å². The van der Waals surface area contributed by atoms with Crippen molar-refractivity contribution in [1.82, 2.24) is 10.2 Å². The maximum Gasteiger partial charge on any atom is 0.326 e. The molecular weight excluding hydrogens is 440 g/mol. The summed E-state index contributed by atoms with van der Waals surface area (Å²) in [6, 6.07) is 8.07. The number of aryl methyl sites for hydroxylation is 1. The smallest absolute Gasteiger partial charge is 0.326 e. The lowest BCUT2D eigenvalue weighted by atomic mass is 9.84. The molecule has 182 valence electrons. The minimum absolute atomic E-state index is 0.0158. The molecule has 7 nitrogen and oxygen atoms in total. The number of nitrogens with one attached hydrogen (secondary N) is 1. The van der Waals surface area contributed by atoms with Gasteiger partial charge in [-0.1, -0.05) is 43.2 Å². The number of carboxylic acids is 1. The fourth-order valence-electron chi connectivity index (χ4n) is 5.06. The number of likely N-dealkylation sites (tertiary alicyclic amines) is 1. The normalized spacial score (nSPS) is 24.1. The Labute approximate surface area is 200 Å². The van der Waals surface area contributed by atoms with Crippen LogP contribution in [-0.2, 0) is 25.5 Å². The number of fused-ring (bicyclic) bond motifs is 1. The van der Waals surface area contributed by atoms with E-state index < -0.39 is 24.1 Å². The summed E-state index contributed by atoms with van der Waals surface area (Å²) in [6.07, 6.45) is 5.35. The predicted molar refractivity (Wildman–Crippen MR) is 129 cm³/mol. The van der Waals surface area contributed by atoms with E-state index in [2.05, 4.69) is 17.4 Å². The molecule has 3 rings (SSSR count). The van der Waals surface area contributed by atoms with Crippen LogP contribution in [0.1, 0.15) is 51.5 Å². The van der Waals surface area contributed by atoms with Crippen LogP contribution in [0.25, 0.3) is 0 Å². The van der Waals surface area contributed by atoms with Crippen LogP contribution in [0.15, 0.2) is 30.3 Å². The molecule has 0 radical (unpaired) electrons. The lowest BCUT2D eigenvalue weighted by Crippen LogP contribution is -2.56. The SMILES string of the molecule is CCOC(=O)[C@H](CSCCc1ccccc1)N[C@@H](C)C(=O)N1[C@@H]2CCCC[C@@H]2C[C@H]1C(=O)O. The molecule has 1 aromatic carbocycles. The molecule has 1 aromatic rings. The molecule has 1 aliphatic heterocycles. The van der Waals surface area contributed by atoms with Gasteiger partial charge in [-0.2, -0.15) is 11.8 Å². The summed E-state index contributed by atoms with van der Waals surface area (Å²) in [6.45, 7) is 3.75. The van der Waals surface area contributed by atoms with E-state index in [0.717, 1.165) is 37.9 Å². The van der Waals surface area contributed by atoms with Crippen molar-refractivity contribution in [3.63, 3.8) is 0 Å². The highest BCUT2D eigenvalue weighted by Crippen LogP contribution is 2.40. The average Bonchev–Trinajstić information content (AvgIpc) is 3.21. The van der Waals surface area contributed by atoms with E-state index >= 15 is 0 Å². The van der Waals surface area contributed by atoms with E-state index in [4.69, 9.17) is 4.74 Å². The summed E-state index contributed by atoms with van der Waals surface area (Å²) in [5.74, 6) is 0.0312. The molecule has 8 heteroatoms. The van der Waals surface area contributed by atoms with Gasteiger partial charge in [-0.15, -0.1) is 0 Å². The van der Waals surface area contributed by atoms with Gasteiger partial charge in [0.2, 0.25) is 5.91 Å². The summed E-state index contributed by atoms with van der Waals surface area (Å²) < 4.78 is 5.24. The molecule has 0 unspecified atom stereocenters. The van der Waals surface area contributed by atoms with Crippen LogP contribution < -0.4 is 5.32 Å². The zero-order valence-electron chi connectivity index (χ0n) is 19.6. The number of aliphatic carboxylic acids is 1. The lowest BCUT2D eigenvalue weighted by Gasteiger charge is -2.35. The third-order valence-corrected chi connectivity index (χ3v) is 7.74. The molecule has 2 fully saturated rings. The fourth-order valence-corrected chi connectivity index (χ4v) is 6.07. The van der Waals surface area contributed by atoms with E-state index in [1.807, 2.05) is 18.2 Å². The van der Waals surface area contributed by atoms with Crippen molar-refractivity contribution in [2.24, 2.45) is 5.92 Å². The Bertz CT molecular complexity index is 805. The van der Waals surface area contributed by atoms with E-state index in [0.29, 0.717) is 12.2 Å². The summed E-state index contributed by atoms with van der Waals surface area (Å²) >= 11 is 1.64. The van der Waals surface area contributed by atoms with E-state index in [1.54, 1.807) is 30.5 Å². The van der Waals surface area contributed by atoms with E-state index in [9.17, 15) is 19.5 Å². The average molecular weight is 477 g/mol. The largest absolute Gasteiger partial charge is 0.480 e. The van der Waals surface area contributed by atoms with Crippen molar-refractivity contribution in [3.05, 3.63) is 35.9 Å². The fraction of sp³-hybridized carbons (Fsp3) is 0.640. The zero-order chi connectivity index (χ0) is 23.8. The molecule has 33 heavy (non-hydrogen) atoms. The topological polar surface area (TPSA) is 95.9 Å². The maximum absolute atomic E-state index is 13.4. The quantitative estimate of drug-likeness (QED) is 0.374. The zero-order valence-corrected chi connectivity index (χ0v) is 20.4. The Morgan fingerprint density at radius 1 is 1.21 bits per heavy atom. The monoisotopic (exact) mass is 476 g/mol. The summed E-state index contributed by atoms with van der Waals surface area (Å²) in [5.41, 5.74) is 1.24. The van der Waals surface area contributed by atoms with Gasteiger partial charge in [-0.25, -0.2) is 4.79 Å². The molecular formula is C25H36N2O5S. The molecule has 0 aromatic heterocycles. The van der Waals surface area contributed by atoms with Crippen molar-refractivity contribution in [3.8, 4) is 0 Å². The predicted octanol–water partition coefficient (Wildman–Crippen LogP) is 3.12. The van der Waals surface area contributed by atoms with Gasteiger partial charge in [0, 0.05) is 11.8 Å². The Balaban J connectivity index is 1.61. The second kappa shape index (κ2) is 12.4. The number of thioether (sulfide) groups is 1. The van der Waals surface area contributed by atoms with Gasteiger partial charge in [0.25, 0.3) is 0 Å². The van der Waals surface area contributed by atoms with Gasteiger partial charge in [0.15, 0.2) is 0 Å². The molecule has 1 aliphatic carbocycles. The number of carbonyl (C=O) groups is 3. The first-order chi connectivity index (χ1) is 15.9. The van der Waals surface area contributed by atoms with Gasteiger partial charge in [0.05, 0.1) is 12.6 Å². The van der Waals surface area contributed by atoms with Crippen LogP contribution in [-0.4, -0.2) is 70.1 Å². The van der Waals surface area contributed by atoms with Gasteiger partial charge in [0.1, 0.15) is 12.1 Å². The van der Waals surface area contributed by atoms with Gasteiger partial charge in [-0.05, 0) is 56.8 Å². The second-order valence-electron chi connectivity index (χ2n) is 8.95. The molecule has 1 saturated carbocycles. The highest BCUT2D eigenvalue weighted by molar-refractivity contribution is 7.99. The minimum atomic E-state index is -0.941. The second-order valence-corrected chi connectivity index (χ2v) is 10.1. The number of amides is 1. The first-order valence-corrected chi connectivity index (χ1v) is 13.2. The molecule has 2 N–H and O–H groups in total. The van der Waals surface area contributed by atoms with Crippen LogP contribution in [0.2, 0.25) is 0 Å². The Hall–Kier alpha value is -2.06. The number of carbonyl (C=O) groups excluding carboxylic acids is 2. The number of nitrogens with zero attached hydrogens (tertiary/aromatic N) is 1. The highest BCUT2D eigenvalue weighted by atomic mass is 32.2. The van der Waals surface area contributed by atoms with Crippen molar-refractivity contribution in [2.45, 2.75) is 76.5 Å². The Kier molecular flexibility index (Phi) is 9.62. The molecule has 5 atom stereocenters. The van der Waals surface area contributed by atoms with Crippen molar-refractivity contribution in [1.29, 1.82) is 0 Å². The Morgan fingerprint density at radius 2 is 1.94 bits per heavy atom. The number of hydrogen-bond donors (Lipinski definition) is 2. The molecule has 1 heterocycles. The van der Waals surface area contributed by atoms with Crippen LogP contribution in [0.5, 0.6) is 0 Å². The van der Waals surface area contributed by atoms with Crippen molar-refractivity contribution in [2.75, 3.05) is 18.1 Å². The van der Waals surface area contributed by atoms with Crippen molar-refractivity contribution >= 4 is 29.6 Å².